The minimum absolute atomic E-state index is 0.0262. The molecule has 1 fully saturated rings. The van der Waals surface area contributed by atoms with Gasteiger partial charge in [0.25, 0.3) is 11.6 Å². The number of hydrazone groups is 1. The van der Waals surface area contributed by atoms with E-state index in [2.05, 4.69) is 10.5 Å². The van der Waals surface area contributed by atoms with E-state index in [-0.39, 0.29) is 11.3 Å². The second kappa shape index (κ2) is 6.79. The molecule has 0 spiro atoms. The molecule has 0 aliphatic heterocycles. The van der Waals surface area contributed by atoms with Gasteiger partial charge in [-0.15, -0.1) is 0 Å². The van der Waals surface area contributed by atoms with Crippen LogP contribution < -0.4 is 5.43 Å². The van der Waals surface area contributed by atoms with Crippen LogP contribution in [0.15, 0.2) is 29.4 Å². The van der Waals surface area contributed by atoms with Crippen molar-refractivity contribution < 1.29 is 9.72 Å². The van der Waals surface area contributed by atoms with E-state index in [9.17, 15) is 14.9 Å². The molecule has 6 heteroatoms. The quantitative estimate of drug-likeness (QED) is 0.521. The molecule has 0 atom stereocenters. The van der Waals surface area contributed by atoms with E-state index in [1.54, 1.807) is 12.3 Å². The summed E-state index contributed by atoms with van der Waals surface area (Å²) in [4.78, 5) is 22.1. The van der Waals surface area contributed by atoms with Crippen molar-refractivity contribution in [2.24, 2.45) is 11.0 Å². The zero-order valence-corrected chi connectivity index (χ0v) is 11.1. The summed E-state index contributed by atoms with van der Waals surface area (Å²) in [5.74, 6) is -0.154. The number of benzene rings is 1. The number of para-hydroxylation sites is 1. The third-order valence-corrected chi connectivity index (χ3v) is 3.45. The van der Waals surface area contributed by atoms with Crippen molar-refractivity contribution in [2.75, 3.05) is 0 Å². The molecule has 1 N–H and O–H groups in total. The fraction of sp³-hybridized carbons (Fsp3) is 0.429. The van der Waals surface area contributed by atoms with Gasteiger partial charge in [0.05, 0.1) is 4.92 Å². The summed E-state index contributed by atoms with van der Waals surface area (Å²) in [7, 11) is 0. The van der Waals surface area contributed by atoms with E-state index in [0.29, 0.717) is 5.92 Å². The summed E-state index contributed by atoms with van der Waals surface area (Å²) >= 11 is 0. The number of amides is 1. The lowest BCUT2D eigenvalue weighted by atomic mass is 9.90. The van der Waals surface area contributed by atoms with Crippen molar-refractivity contribution in [1.29, 1.82) is 0 Å². The topological polar surface area (TPSA) is 84.6 Å². The molecule has 0 unspecified atom stereocenters. The monoisotopic (exact) mass is 275 g/mol. The van der Waals surface area contributed by atoms with E-state index in [1.807, 2.05) is 0 Å². The third-order valence-electron chi connectivity index (χ3n) is 3.45. The first kappa shape index (κ1) is 14.2. The predicted molar refractivity (Wildman–Crippen MR) is 75.6 cm³/mol. The highest BCUT2D eigenvalue weighted by molar-refractivity contribution is 5.98. The van der Waals surface area contributed by atoms with Crippen molar-refractivity contribution >= 4 is 17.8 Å². The number of hydrogen-bond donors (Lipinski definition) is 1. The Balaban J connectivity index is 1.98. The minimum Gasteiger partial charge on any atom is -0.267 e. The predicted octanol–water partition coefficient (Wildman–Crippen LogP) is 2.89. The Hall–Kier alpha value is -2.24. The van der Waals surface area contributed by atoms with Gasteiger partial charge in [0, 0.05) is 12.3 Å². The number of hydrogen-bond acceptors (Lipinski definition) is 4. The highest BCUT2D eigenvalue weighted by atomic mass is 16.6. The van der Waals surface area contributed by atoms with Crippen LogP contribution in [0, 0.1) is 16.0 Å². The number of carbonyl (C=O) groups excluding carboxylic acids is 1. The van der Waals surface area contributed by atoms with Crippen molar-refractivity contribution in [3.8, 4) is 0 Å². The molecule has 1 saturated carbocycles. The maximum absolute atomic E-state index is 11.9. The number of nitro groups is 1. The average Bonchev–Trinajstić information content (AvgIpc) is 2.48. The lowest BCUT2D eigenvalue weighted by molar-refractivity contribution is -0.385. The smallest absolute Gasteiger partial charge is 0.267 e. The van der Waals surface area contributed by atoms with Crippen molar-refractivity contribution in [3.63, 3.8) is 0 Å². The van der Waals surface area contributed by atoms with Gasteiger partial charge in [-0.3, -0.25) is 14.9 Å². The van der Waals surface area contributed by atoms with Gasteiger partial charge in [0.2, 0.25) is 0 Å². The zero-order chi connectivity index (χ0) is 14.4. The Bertz CT molecular complexity index is 522. The summed E-state index contributed by atoms with van der Waals surface area (Å²) in [6.45, 7) is 0. The first-order valence-electron chi connectivity index (χ1n) is 6.75. The summed E-state index contributed by atoms with van der Waals surface area (Å²) in [6.07, 6.45) is 7.55. The number of rotatable bonds is 4. The van der Waals surface area contributed by atoms with Crippen LogP contribution >= 0.6 is 0 Å². The van der Waals surface area contributed by atoms with Crippen LogP contribution in [0.3, 0.4) is 0 Å². The Morgan fingerprint density at radius 3 is 2.70 bits per heavy atom. The lowest BCUT2D eigenvalue weighted by Gasteiger charge is -2.16. The summed E-state index contributed by atoms with van der Waals surface area (Å²) in [6, 6.07) is 5.84. The second-order valence-corrected chi connectivity index (χ2v) is 4.89. The van der Waals surface area contributed by atoms with Gasteiger partial charge in [-0.2, -0.15) is 5.10 Å². The summed E-state index contributed by atoms with van der Waals surface area (Å²) < 4.78 is 0. The molecule has 1 aliphatic rings. The lowest BCUT2D eigenvalue weighted by Crippen LogP contribution is -2.20. The van der Waals surface area contributed by atoms with Crippen LogP contribution in [-0.2, 0) is 0 Å². The van der Waals surface area contributed by atoms with E-state index >= 15 is 0 Å². The molecule has 0 aromatic heterocycles. The average molecular weight is 275 g/mol. The van der Waals surface area contributed by atoms with Gasteiger partial charge < -0.3 is 0 Å². The van der Waals surface area contributed by atoms with Gasteiger partial charge >= 0.3 is 0 Å². The van der Waals surface area contributed by atoms with Gasteiger partial charge in [-0.05, 0) is 24.8 Å². The maximum atomic E-state index is 11.9. The standard InChI is InChI=1S/C14H17N3O3/c18-14(12-8-4-5-9-13(12)17(19)20)16-15-10-11-6-2-1-3-7-11/h4-5,8-11H,1-3,6-7H2,(H,16,18). The van der Waals surface area contributed by atoms with Crippen LogP contribution in [0.4, 0.5) is 5.69 Å². The summed E-state index contributed by atoms with van der Waals surface area (Å²) in [5, 5.41) is 14.8. The molecule has 1 aliphatic carbocycles. The molecular formula is C14H17N3O3. The molecule has 1 aromatic rings. The molecule has 2 rings (SSSR count). The Kier molecular flexibility index (Phi) is 4.81. The molecule has 0 heterocycles. The highest BCUT2D eigenvalue weighted by Gasteiger charge is 2.18. The number of nitrogens with one attached hydrogen (secondary N) is 1. The van der Waals surface area contributed by atoms with Gasteiger partial charge in [0.15, 0.2) is 0 Å². The number of carbonyl (C=O) groups is 1. The fourth-order valence-corrected chi connectivity index (χ4v) is 2.37. The van der Waals surface area contributed by atoms with E-state index < -0.39 is 10.8 Å². The number of nitrogens with zero attached hydrogens (tertiary/aromatic N) is 2. The molecule has 1 aromatic carbocycles. The molecule has 6 nitrogen and oxygen atoms in total. The Morgan fingerprint density at radius 2 is 2.00 bits per heavy atom. The Morgan fingerprint density at radius 1 is 1.30 bits per heavy atom. The van der Waals surface area contributed by atoms with Gasteiger partial charge in [0.1, 0.15) is 5.56 Å². The van der Waals surface area contributed by atoms with E-state index in [0.717, 1.165) is 12.8 Å². The van der Waals surface area contributed by atoms with E-state index in [4.69, 9.17) is 0 Å². The van der Waals surface area contributed by atoms with Gasteiger partial charge in [-0.1, -0.05) is 31.4 Å². The van der Waals surface area contributed by atoms with Crippen LogP contribution in [0.2, 0.25) is 0 Å². The normalized spacial score (nSPS) is 16.2. The molecule has 0 radical (unpaired) electrons. The molecule has 20 heavy (non-hydrogen) atoms. The minimum atomic E-state index is -0.570. The van der Waals surface area contributed by atoms with Crippen LogP contribution in [0.25, 0.3) is 0 Å². The Labute approximate surface area is 117 Å². The van der Waals surface area contributed by atoms with Crippen molar-refractivity contribution in [1.82, 2.24) is 5.43 Å². The molecule has 0 saturated heterocycles. The second-order valence-electron chi connectivity index (χ2n) is 4.89. The first-order chi connectivity index (χ1) is 9.68. The first-order valence-corrected chi connectivity index (χ1v) is 6.75. The highest BCUT2D eigenvalue weighted by Crippen LogP contribution is 2.22. The molecule has 1 amide bonds. The van der Waals surface area contributed by atoms with Crippen LogP contribution in [0.5, 0.6) is 0 Å². The molecule has 106 valence electrons. The maximum Gasteiger partial charge on any atom is 0.282 e. The largest absolute Gasteiger partial charge is 0.282 e. The summed E-state index contributed by atoms with van der Waals surface area (Å²) in [5.41, 5.74) is 2.18. The number of nitro benzene ring substituents is 1. The SMILES string of the molecule is O=C(NN=CC1CCCCC1)c1ccccc1[N+](=O)[O-]. The molecular weight excluding hydrogens is 258 g/mol. The van der Waals surface area contributed by atoms with Crippen LogP contribution in [0.1, 0.15) is 42.5 Å². The zero-order valence-electron chi connectivity index (χ0n) is 11.1. The fourth-order valence-electron chi connectivity index (χ4n) is 2.37. The van der Waals surface area contributed by atoms with Crippen molar-refractivity contribution in [3.05, 3.63) is 39.9 Å². The van der Waals surface area contributed by atoms with Crippen LogP contribution in [-0.4, -0.2) is 17.0 Å². The van der Waals surface area contributed by atoms with Crippen molar-refractivity contribution in [2.45, 2.75) is 32.1 Å². The van der Waals surface area contributed by atoms with E-state index in [1.165, 1.54) is 37.5 Å². The van der Waals surface area contributed by atoms with Gasteiger partial charge in [-0.25, -0.2) is 5.43 Å². The third kappa shape index (κ3) is 3.63. The molecule has 0 bridgehead atoms.